The lowest BCUT2D eigenvalue weighted by molar-refractivity contribution is 0.0698. The van der Waals surface area contributed by atoms with Crippen LogP contribution in [-0.4, -0.2) is 41.2 Å². The number of rotatable bonds is 8. The maximum absolute atomic E-state index is 13.2. The molecule has 0 saturated carbocycles. The summed E-state index contributed by atoms with van der Waals surface area (Å²) in [5.74, 6) is -1.82. The Kier molecular flexibility index (Phi) is 7.39. The molecule has 0 spiro atoms. The van der Waals surface area contributed by atoms with Gasteiger partial charge in [-0.3, -0.25) is 9.78 Å². The van der Waals surface area contributed by atoms with E-state index in [1.54, 1.807) is 37.5 Å². The van der Waals surface area contributed by atoms with Crippen molar-refractivity contribution in [2.75, 3.05) is 11.9 Å². The number of amides is 1. The highest BCUT2D eigenvalue weighted by Gasteiger charge is 2.24. The topological polar surface area (TPSA) is 117 Å². The second kappa shape index (κ2) is 10.0. The molecule has 2 N–H and O–H groups in total. The smallest absolute Gasteiger partial charge is 0.337 e. The Morgan fingerprint density at radius 3 is 2.47 bits per heavy atom. The van der Waals surface area contributed by atoms with Gasteiger partial charge in [-0.15, -0.1) is 0 Å². The number of carboxylic acids is 1. The summed E-state index contributed by atoms with van der Waals surface area (Å²) in [5, 5.41) is 11.9. The van der Waals surface area contributed by atoms with Crippen LogP contribution in [0.2, 0.25) is 0 Å². The lowest BCUT2D eigenvalue weighted by Crippen LogP contribution is -2.30. The van der Waals surface area contributed by atoms with Crippen LogP contribution >= 0.6 is 15.9 Å². The van der Waals surface area contributed by atoms with Crippen molar-refractivity contribution in [3.05, 3.63) is 88.2 Å². The largest absolute Gasteiger partial charge is 0.478 e. The van der Waals surface area contributed by atoms with Crippen LogP contribution in [0.25, 0.3) is 0 Å². The van der Waals surface area contributed by atoms with E-state index in [4.69, 9.17) is 0 Å². The monoisotopic (exact) mass is 517 g/mol. The van der Waals surface area contributed by atoms with Gasteiger partial charge < -0.3 is 10.4 Å². The van der Waals surface area contributed by atoms with Crippen molar-refractivity contribution >= 4 is 43.5 Å². The summed E-state index contributed by atoms with van der Waals surface area (Å²) in [6, 6.07) is 13.5. The standard InChI is InChI=1S/C22H20BrN3O5S/c1-2-26(14-15-8-10-24-11-9-15)32(30,31)18-5-3-4-16(12-18)21(27)25-20-7-6-17(23)13-19(20)22(28)29/h3-13H,2,14H2,1H3,(H,25,27)(H,28,29). The number of carboxylic acid groups (broad SMARTS) is 1. The molecule has 0 aliphatic heterocycles. The molecule has 0 radical (unpaired) electrons. The van der Waals surface area contributed by atoms with Gasteiger partial charge in [0.1, 0.15) is 0 Å². The third kappa shape index (κ3) is 5.39. The Morgan fingerprint density at radius 1 is 1.09 bits per heavy atom. The number of carbonyl (C=O) groups excluding carboxylic acids is 1. The number of sulfonamides is 1. The van der Waals surface area contributed by atoms with Gasteiger partial charge in [-0.25, -0.2) is 13.2 Å². The third-order valence-electron chi connectivity index (χ3n) is 4.66. The number of nitrogens with one attached hydrogen (secondary N) is 1. The van der Waals surface area contributed by atoms with Crippen molar-refractivity contribution in [2.45, 2.75) is 18.4 Å². The summed E-state index contributed by atoms with van der Waals surface area (Å²) in [5.41, 5.74) is 0.888. The molecule has 0 fully saturated rings. The van der Waals surface area contributed by atoms with Crippen molar-refractivity contribution < 1.29 is 23.1 Å². The molecule has 8 nitrogen and oxygen atoms in total. The molecule has 0 aliphatic rings. The average molecular weight is 518 g/mol. The van der Waals surface area contributed by atoms with Crippen molar-refractivity contribution in [3.63, 3.8) is 0 Å². The molecule has 1 aromatic heterocycles. The number of hydrogen-bond donors (Lipinski definition) is 2. The van der Waals surface area contributed by atoms with Gasteiger partial charge in [-0.05, 0) is 54.1 Å². The van der Waals surface area contributed by atoms with E-state index in [0.29, 0.717) is 4.47 Å². The number of carbonyl (C=O) groups is 2. The molecular weight excluding hydrogens is 498 g/mol. The van der Waals surface area contributed by atoms with Gasteiger partial charge in [-0.1, -0.05) is 28.9 Å². The van der Waals surface area contributed by atoms with E-state index in [0.717, 1.165) is 5.56 Å². The Labute approximate surface area is 194 Å². The van der Waals surface area contributed by atoms with Gasteiger partial charge in [0.05, 0.1) is 16.1 Å². The highest BCUT2D eigenvalue weighted by Crippen LogP contribution is 2.23. The average Bonchev–Trinajstić information content (AvgIpc) is 2.79. The summed E-state index contributed by atoms with van der Waals surface area (Å²) in [7, 11) is -3.87. The molecule has 0 saturated heterocycles. The van der Waals surface area contributed by atoms with Crippen LogP contribution in [0.5, 0.6) is 0 Å². The van der Waals surface area contributed by atoms with Crippen molar-refractivity contribution in [3.8, 4) is 0 Å². The first-order valence-electron chi connectivity index (χ1n) is 9.55. The molecule has 1 heterocycles. The fourth-order valence-electron chi connectivity index (χ4n) is 3.00. The van der Waals surface area contributed by atoms with Crippen LogP contribution in [0, 0.1) is 0 Å². The predicted octanol–water partition coefficient (Wildman–Crippen LogP) is 4.01. The number of benzene rings is 2. The molecule has 0 aliphatic carbocycles. The molecule has 0 unspecified atom stereocenters. The summed E-state index contributed by atoms with van der Waals surface area (Å²) < 4.78 is 28.2. The van der Waals surface area contributed by atoms with Crippen LogP contribution in [-0.2, 0) is 16.6 Å². The Balaban J connectivity index is 1.87. The fraction of sp³-hybridized carbons (Fsp3) is 0.136. The van der Waals surface area contributed by atoms with Crippen LogP contribution in [0.4, 0.5) is 5.69 Å². The second-order valence-corrected chi connectivity index (χ2v) is 9.62. The summed E-state index contributed by atoms with van der Waals surface area (Å²) in [4.78, 5) is 28.1. The summed E-state index contributed by atoms with van der Waals surface area (Å²) >= 11 is 3.20. The predicted molar refractivity (Wildman–Crippen MR) is 123 cm³/mol. The highest BCUT2D eigenvalue weighted by molar-refractivity contribution is 9.10. The van der Waals surface area contributed by atoms with Crippen LogP contribution in [0.3, 0.4) is 0 Å². The van der Waals surface area contributed by atoms with E-state index >= 15 is 0 Å². The van der Waals surface area contributed by atoms with E-state index in [-0.39, 0.29) is 34.8 Å². The fourth-order valence-corrected chi connectivity index (χ4v) is 4.85. The SMILES string of the molecule is CCN(Cc1ccncc1)S(=O)(=O)c1cccc(C(=O)Nc2ccc(Br)cc2C(=O)O)c1. The van der Waals surface area contributed by atoms with Gasteiger partial charge in [-0.2, -0.15) is 4.31 Å². The molecule has 3 rings (SSSR count). The van der Waals surface area contributed by atoms with Gasteiger partial charge in [0.25, 0.3) is 5.91 Å². The number of hydrogen-bond acceptors (Lipinski definition) is 5. The minimum absolute atomic E-state index is 0.0321. The molecular formula is C22H20BrN3O5S. The zero-order valence-electron chi connectivity index (χ0n) is 17.0. The number of aromatic carboxylic acids is 1. The number of pyridine rings is 1. The van der Waals surface area contributed by atoms with Gasteiger partial charge in [0.2, 0.25) is 10.0 Å². The van der Waals surface area contributed by atoms with Crippen molar-refractivity contribution in [2.24, 2.45) is 0 Å². The Morgan fingerprint density at radius 2 is 1.81 bits per heavy atom. The van der Waals surface area contributed by atoms with Crippen LogP contribution in [0.15, 0.2) is 76.4 Å². The van der Waals surface area contributed by atoms with E-state index in [2.05, 4.69) is 26.2 Å². The maximum atomic E-state index is 13.2. The van der Waals surface area contributed by atoms with E-state index < -0.39 is 21.9 Å². The third-order valence-corrected chi connectivity index (χ3v) is 7.07. The molecule has 166 valence electrons. The molecule has 2 aromatic carbocycles. The minimum atomic E-state index is -3.87. The molecule has 1 amide bonds. The normalized spacial score (nSPS) is 11.3. The summed E-state index contributed by atoms with van der Waals surface area (Å²) in [6.45, 7) is 2.14. The quantitative estimate of drug-likeness (QED) is 0.466. The Hall–Kier alpha value is -3.08. The zero-order valence-corrected chi connectivity index (χ0v) is 19.4. The highest BCUT2D eigenvalue weighted by atomic mass is 79.9. The van der Waals surface area contributed by atoms with Crippen LogP contribution in [0.1, 0.15) is 33.2 Å². The molecule has 0 atom stereocenters. The molecule has 32 heavy (non-hydrogen) atoms. The number of anilines is 1. The second-order valence-electron chi connectivity index (χ2n) is 6.76. The lowest BCUT2D eigenvalue weighted by atomic mass is 10.1. The molecule has 3 aromatic rings. The summed E-state index contributed by atoms with van der Waals surface area (Å²) in [6.07, 6.45) is 3.18. The van der Waals surface area contributed by atoms with Crippen molar-refractivity contribution in [1.82, 2.24) is 9.29 Å². The van der Waals surface area contributed by atoms with E-state index in [1.165, 1.54) is 40.7 Å². The van der Waals surface area contributed by atoms with Gasteiger partial charge >= 0.3 is 5.97 Å². The van der Waals surface area contributed by atoms with E-state index in [1.807, 2.05) is 0 Å². The first-order valence-corrected chi connectivity index (χ1v) is 11.8. The number of halogens is 1. The van der Waals surface area contributed by atoms with Gasteiger partial charge in [0.15, 0.2) is 0 Å². The molecule has 0 bridgehead atoms. The Bertz CT molecular complexity index is 1250. The van der Waals surface area contributed by atoms with Crippen LogP contribution < -0.4 is 5.32 Å². The van der Waals surface area contributed by atoms with Crippen molar-refractivity contribution in [1.29, 1.82) is 0 Å². The van der Waals surface area contributed by atoms with Gasteiger partial charge in [0, 0.05) is 35.5 Å². The van der Waals surface area contributed by atoms with E-state index in [9.17, 15) is 23.1 Å². The molecule has 10 heteroatoms. The minimum Gasteiger partial charge on any atom is -0.478 e. The first-order chi connectivity index (χ1) is 15.2. The zero-order chi connectivity index (χ0) is 23.3. The first kappa shape index (κ1) is 23.6. The number of nitrogens with zero attached hydrogens (tertiary/aromatic N) is 2. The maximum Gasteiger partial charge on any atom is 0.337 e. The lowest BCUT2D eigenvalue weighted by Gasteiger charge is -2.21. The number of aromatic nitrogens is 1.